The molecule has 0 atom stereocenters. The molecule has 0 aliphatic carbocycles. The second kappa shape index (κ2) is 4.08. The maximum absolute atomic E-state index is 11.9. The lowest BCUT2D eigenvalue weighted by Crippen LogP contribution is -2.02. The van der Waals surface area contributed by atoms with Crippen LogP contribution in [0.15, 0.2) is 24.4 Å². The summed E-state index contributed by atoms with van der Waals surface area (Å²) in [5.74, 6) is 0.295. The Kier molecular flexibility index (Phi) is 2.77. The number of pyridine rings is 1. The molecule has 2 aromatic heterocycles. The Morgan fingerprint density at radius 2 is 2.19 bits per heavy atom. The van der Waals surface area contributed by atoms with E-state index >= 15 is 0 Å². The van der Waals surface area contributed by atoms with Crippen molar-refractivity contribution in [3.63, 3.8) is 0 Å². The molecule has 2 rings (SSSR count). The third-order valence-corrected chi connectivity index (χ3v) is 2.62. The van der Waals surface area contributed by atoms with E-state index in [4.69, 9.17) is 0 Å². The zero-order valence-corrected chi connectivity index (χ0v) is 9.77. The lowest BCUT2D eigenvalue weighted by Gasteiger charge is -2.02. The van der Waals surface area contributed by atoms with E-state index in [1.54, 1.807) is 17.9 Å². The minimum atomic E-state index is 0.0462. The Balaban J connectivity index is 2.74. The number of hydrogen-bond acceptors (Lipinski definition) is 2. The minimum Gasteiger partial charge on any atom is -0.294 e. The van der Waals surface area contributed by atoms with Crippen LogP contribution in [0.25, 0.3) is 5.52 Å². The second-order valence-corrected chi connectivity index (χ2v) is 4.10. The van der Waals surface area contributed by atoms with Crippen molar-refractivity contribution in [1.29, 1.82) is 0 Å². The number of rotatable bonds is 3. The summed E-state index contributed by atoms with van der Waals surface area (Å²) in [5, 5.41) is 4.46. The fraction of sp³-hybridized carbons (Fsp3) is 0.308. The van der Waals surface area contributed by atoms with E-state index < -0.39 is 0 Å². The van der Waals surface area contributed by atoms with Crippen LogP contribution in [0.1, 0.15) is 42.7 Å². The Labute approximate surface area is 95.1 Å². The van der Waals surface area contributed by atoms with Crippen molar-refractivity contribution in [3.8, 4) is 0 Å². The number of Topliss-reactive ketones (excluding diaryl/α,β-unsaturated/α-hetero) is 1. The number of hydrogen-bond donors (Lipinski definition) is 0. The first-order valence-corrected chi connectivity index (χ1v) is 5.46. The first-order valence-electron chi connectivity index (χ1n) is 5.46. The summed E-state index contributed by atoms with van der Waals surface area (Å²) in [6.07, 6.45) is 3.46. The third kappa shape index (κ3) is 1.62. The maximum atomic E-state index is 11.9. The molecule has 3 nitrogen and oxygen atoms in total. The summed E-state index contributed by atoms with van der Waals surface area (Å²) in [4.78, 5) is 11.9. The molecule has 0 saturated carbocycles. The highest BCUT2D eigenvalue weighted by molar-refractivity contribution is 6.08. The van der Waals surface area contributed by atoms with Crippen LogP contribution in [0, 0.1) is 6.42 Å². The fourth-order valence-electron chi connectivity index (χ4n) is 1.82. The molecular weight excluding hydrogens is 200 g/mol. The molecule has 0 bridgehead atoms. The van der Waals surface area contributed by atoms with Gasteiger partial charge in [0, 0.05) is 12.6 Å². The van der Waals surface area contributed by atoms with Gasteiger partial charge in [-0.05, 0) is 18.1 Å². The monoisotopic (exact) mass is 215 g/mol. The van der Waals surface area contributed by atoms with Gasteiger partial charge < -0.3 is 0 Å². The Hall–Kier alpha value is -1.64. The van der Waals surface area contributed by atoms with E-state index in [0.717, 1.165) is 16.8 Å². The van der Waals surface area contributed by atoms with Crippen molar-refractivity contribution in [3.05, 3.63) is 42.1 Å². The van der Waals surface area contributed by atoms with Gasteiger partial charge in [0.2, 0.25) is 0 Å². The van der Waals surface area contributed by atoms with Crippen molar-refractivity contribution in [2.75, 3.05) is 0 Å². The number of ketones is 1. The van der Waals surface area contributed by atoms with Crippen LogP contribution in [0.5, 0.6) is 0 Å². The molecule has 83 valence electrons. The number of carbonyl (C=O) groups excluding carboxylic acids is 1. The summed E-state index contributed by atoms with van der Waals surface area (Å²) < 4.78 is 1.77. The Morgan fingerprint density at radius 1 is 1.44 bits per heavy atom. The molecule has 0 aromatic carbocycles. The molecule has 16 heavy (non-hydrogen) atoms. The van der Waals surface area contributed by atoms with Gasteiger partial charge in [0.05, 0.1) is 16.8 Å². The van der Waals surface area contributed by atoms with E-state index in [1.807, 2.05) is 38.2 Å². The van der Waals surface area contributed by atoms with E-state index in [1.165, 1.54) is 0 Å². The molecule has 2 heterocycles. The van der Waals surface area contributed by atoms with Crippen LogP contribution in [-0.4, -0.2) is 15.4 Å². The van der Waals surface area contributed by atoms with Gasteiger partial charge in [-0.15, -0.1) is 0 Å². The van der Waals surface area contributed by atoms with Crippen LogP contribution in [0.4, 0.5) is 0 Å². The predicted molar refractivity (Wildman–Crippen MR) is 63.6 cm³/mol. The standard InChI is InChI=1S/C13H15N2O/c1-4-11(16)12-10-7-5-6-8-15(10)14-13(12)9(2)3/h4-9H,1-3H3. The van der Waals surface area contributed by atoms with E-state index in [9.17, 15) is 4.79 Å². The normalized spacial score (nSPS) is 11.2. The van der Waals surface area contributed by atoms with Gasteiger partial charge in [-0.25, -0.2) is 4.52 Å². The van der Waals surface area contributed by atoms with Crippen LogP contribution < -0.4 is 0 Å². The van der Waals surface area contributed by atoms with Crippen LogP contribution >= 0.6 is 0 Å². The van der Waals surface area contributed by atoms with Crippen LogP contribution in [0.3, 0.4) is 0 Å². The molecule has 0 amide bonds. The second-order valence-electron chi connectivity index (χ2n) is 4.10. The highest BCUT2D eigenvalue weighted by Crippen LogP contribution is 2.23. The fourth-order valence-corrected chi connectivity index (χ4v) is 1.82. The van der Waals surface area contributed by atoms with Crippen molar-refractivity contribution < 1.29 is 4.79 Å². The SMILES string of the molecule is C[CH]C(=O)c1c(C(C)C)nn2ccccc12. The summed E-state index contributed by atoms with van der Waals surface area (Å²) in [6.45, 7) is 5.86. The van der Waals surface area contributed by atoms with Crippen LogP contribution in [0.2, 0.25) is 0 Å². The lowest BCUT2D eigenvalue weighted by atomic mass is 10.0. The van der Waals surface area contributed by atoms with Gasteiger partial charge in [0.25, 0.3) is 0 Å². The summed E-state index contributed by atoms with van der Waals surface area (Å²) in [5.41, 5.74) is 2.49. The quantitative estimate of drug-likeness (QED) is 0.738. The summed E-state index contributed by atoms with van der Waals surface area (Å²) >= 11 is 0. The lowest BCUT2D eigenvalue weighted by molar-refractivity contribution is 0.103. The smallest absolute Gasteiger partial charge is 0.170 e. The molecule has 1 radical (unpaired) electrons. The molecule has 0 N–H and O–H groups in total. The zero-order valence-electron chi connectivity index (χ0n) is 9.77. The van der Waals surface area contributed by atoms with Crippen molar-refractivity contribution in [2.45, 2.75) is 26.7 Å². The average Bonchev–Trinajstić information content (AvgIpc) is 2.67. The van der Waals surface area contributed by atoms with Crippen molar-refractivity contribution in [2.24, 2.45) is 0 Å². The molecular formula is C13H15N2O. The Bertz CT molecular complexity index is 526. The van der Waals surface area contributed by atoms with Crippen LogP contribution in [-0.2, 0) is 0 Å². The third-order valence-electron chi connectivity index (χ3n) is 2.62. The predicted octanol–water partition coefficient (Wildman–Crippen LogP) is 2.86. The van der Waals surface area contributed by atoms with Crippen molar-refractivity contribution in [1.82, 2.24) is 9.61 Å². The molecule has 0 spiro atoms. The first-order chi connectivity index (χ1) is 7.65. The Morgan fingerprint density at radius 3 is 2.81 bits per heavy atom. The molecule has 0 unspecified atom stereocenters. The van der Waals surface area contributed by atoms with Gasteiger partial charge in [0.15, 0.2) is 5.78 Å². The number of aromatic nitrogens is 2. The average molecular weight is 215 g/mol. The summed E-state index contributed by atoms with van der Waals surface area (Å²) in [6, 6.07) is 5.76. The zero-order chi connectivity index (χ0) is 11.7. The highest BCUT2D eigenvalue weighted by atomic mass is 16.1. The first kappa shape index (κ1) is 10.9. The topological polar surface area (TPSA) is 34.4 Å². The van der Waals surface area contributed by atoms with Gasteiger partial charge in [-0.1, -0.05) is 26.8 Å². The van der Waals surface area contributed by atoms with Crippen molar-refractivity contribution >= 4 is 11.3 Å². The van der Waals surface area contributed by atoms with Gasteiger partial charge >= 0.3 is 0 Å². The minimum absolute atomic E-state index is 0.0462. The number of fused-ring (bicyclic) bond motifs is 1. The molecule has 0 saturated heterocycles. The number of nitrogens with zero attached hydrogens (tertiary/aromatic N) is 2. The van der Waals surface area contributed by atoms with Gasteiger partial charge in [0.1, 0.15) is 0 Å². The van der Waals surface area contributed by atoms with E-state index in [0.29, 0.717) is 0 Å². The van der Waals surface area contributed by atoms with E-state index in [2.05, 4.69) is 5.10 Å². The molecule has 0 aliphatic heterocycles. The maximum Gasteiger partial charge on any atom is 0.170 e. The molecule has 3 heteroatoms. The van der Waals surface area contributed by atoms with E-state index in [-0.39, 0.29) is 11.7 Å². The molecule has 2 aromatic rings. The molecule has 0 aliphatic rings. The molecule has 0 fully saturated rings. The largest absolute Gasteiger partial charge is 0.294 e. The number of carbonyl (C=O) groups is 1. The highest BCUT2D eigenvalue weighted by Gasteiger charge is 2.19. The van der Waals surface area contributed by atoms with Gasteiger partial charge in [-0.2, -0.15) is 5.10 Å². The summed E-state index contributed by atoms with van der Waals surface area (Å²) in [7, 11) is 0. The van der Waals surface area contributed by atoms with Gasteiger partial charge in [-0.3, -0.25) is 4.79 Å².